The summed E-state index contributed by atoms with van der Waals surface area (Å²) in [5.74, 6) is 0.425. The highest BCUT2D eigenvalue weighted by Gasteiger charge is 2.15. The van der Waals surface area contributed by atoms with E-state index in [4.69, 9.17) is 9.47 Å². The van der Waals surface area contributed by atoms with Crippen LogP contribution in [-0.2, 0) is 4.79 Å². The molecule has 0 aliphatic heterocycles. The fraction of sp³-hybridized carbons (Fsp3) is 0.300. The molecule has 0 bridgehead atoms. The van der Waals surface area contributed by atoms with Gasteiger partial charge < -0.3 is 9.47 Å². The van der Waals surface area contributed by atoms with Gasteiger partial charge in [0.2, 0.25) is 0 Å². The highest BCUT2D eigenvalue weighted by atomic mass is 79.9. The van der Waals surface area contributed by atoms with Gasteiger partial charge in [-0.2, -0.15) is 0 Å². The molecule has 2 N–H and O–H groups in total. The van der Waals surface area contributed by atoms with Gasteiger partial charge in [0.25, 0.3) is 11.8 Å². The number of ether oxygens (including phenoxy) is 2. The van der Waals surface area contributed by atoms with Gasteiger partial charge in [0.05, 0.1) is 12.2 Å². The topological polar surface area (TPSA) is 76.7 Å². The molecule has 0 aliphatic carbocycles. The summed E-state index contributed by atoms with van der Waals surface area (Å²) in [4.78, 5) is 24.3. The number of benzene rings is 2. The van der Waals surface area contributed by atoms with E-state index in [1.165, 1.54) is 0 Å². The molecular weight excluding hydrogens is 412 g/mol. The van der Waals surface area contributed by atoms with Crippen molar-refractivity contribution in [3.05, 3.63) is 58.1 Å². The van der Waals surface area contributed by atoms with Crippen molar-refractivity contribution >= 4 is 27.7 Å². The predicted octanol–water partition coefficient (Wildman–Crippen LogP) is 3.63. The van der Waals surface area contributed by atoms with Crippen molar-refractivity contribution in [1.29, 1.82) is 0 Å². The zero-order chi connectivity index (χ0) is 19.8. The number of hydrazine groups is 1. The molecule has 2 amide bonds. The Hall–Kier alpha value is -2.54. The summed E-state index contributed by atoms with van der Waals surface area (Å²) in [6, 6.07) is 12.5. The second kappa shape index (κ2) is 9.97. The van der Waals surface area contributed by atoms with Gasteiger partial charge in [0.1, 0.15) is 11.5 Å². The molecular formula is C20H23BrN2O4. The number of carbonyl (C=O) groups excluding carboxylic acids is 2. The van der Waals surface area contributed by atoms with Crippen LogP contribution in [0.2, 0.25) is 0 Å². The fourth-order valence-electron chi connectivity index (χ4n) is 2.15. The maximum absolute atomic E-state index is 12.4. The van der Waals surface area contributed by atoms with Gasteiger partial charge in [-0.25, -0.2) is 0 Å². The lowest BCUT2D eigenvalue weighted by Crippen LogP contribution is -2.44. The third kappa shape index (κ3) is 6.94. The van der Waals surface area contributed by atoms with Crippen molar-refractivity contribution in [2.45, 2.75) is 20.8 Å². The van der Waals surface area contributed by atoms with Crippen molar-refractivity contribution in [1.82, 2.24) is 10.9 Å². The summed E-state index contributed by atoms with van der Waals surface area (Å²) in [5, 5.41) is 0. The van der Waals surface area contributed by atoms with Crippen LogP contribution >= 0.6 is 15.9 Å². The molecule has 0 aromatic heterocycles. The smallest absolute Gasteiger partial charge is 0.276 e. The van der Waals surface area contributed by atoms with Crippen LogP contribution in [0.1, 0.15) is 29.8 Å². The van der Waals surface area contributed by atoms with Gasteiger partial charge >= 0.3 is 0 Å². The largest absolute Gasteiger partial charge is 0.492 e. The molecule has 0 saturated carbocycles. The molecule has 0 aliphatic rings. The van der Waals surface area contributed by atoms with Crippen molar-refractivity contribution in [3.63, 3.8) is 0 Å². The number of nitrogens with one attached hydrogen (secondary N) is 2. The van der Waals surface area contributed by atoms with Crippen LogP contribution in [0.3, 0.4) is 0 Å². The molecule has 0 heterocycles. The van der Waals surface area contributed by atoms with E-state index >= 15 is 0 Å². The average Bonchev–Trinajstić information content (AvgIpc) is 2.63. The Bertz CT molecular complexity index is 808. The molecule has 0 fully saturated rings. The number of amides is 2. The summed E-state index contributed by atoms with van der Waals surface area (Å²) in [6.45, 7) is 6.25. The molecule has 7 heteroatoms. The molecule has 144 valence electrons. The lowest BCUT2D eigenvalue weighted by molar-refractivity contribution is -0.123. The van der Waals surface area contributed by atoms with Crippen LogP contribution in [0.4, 0.5) is 0 Å². The first-order chi connectivity index (χ1) is 12.8. The maximum Gasteiger partial charge on any atom is 0.276 e. The zero-order valence-corrected chi connectivity index (χ0v) is 17.1. The van der Waals surface area contributed by atoms with E-state index in [1.54, 1.807) is 24.3 Å². The van der Waals surface area contributed by atoms with E-state index < -0.39 is 11.8 Å². The van der Waals surface area contributed by atoms with E-state index in [-0.39, 0.29) is 6.61 Å². The second-order valence-electron chi connectivity index (χ2n) is 6.45. The minimum atomic E-state index is -0.473. The number of carbonyl (C=O) groups is 2. The summed E-state index contributed by atoms with van der Waals surface area (Å²) >= 11 is 3.34. The Kier molecular flexibility index (Phi) is 7.67. The van der Waals surface area contributed by atoms with Gasteiger partial charge in [0.15, 0.2) is 6.61 Å². The summed E-state index contributed by atoms with van der Waals surface area (Å²) in [7, 11) is 0. The SMILES string of the molecule is Cc1cccc(OCC(=O)NNC(=O)c2cc(Br)ccc2OCC(C)C)c1. The third-order valence-electron chi connectivity index (χ3n) is 3.43. The van der Waals surface area contributed by atoms with Crippen molar-refractivity contribution in [2.24, 2.45) is 5.92 Å². The third-order valence-corrected chi connectivity index (χ3v) is 3.93. The average molecular weight is 435 g/mol. The number of aryl methyl sites for hydroxylation is 1. The molecule has 0 atom stereocenters. The minimum absolute atomic E-state index is 0.209. The molecule has 0 radical (unpaired) electrons. The van der Waals surface area contributed by atoms with E-state index in [0.717, 1.165) is 10.0 Å². The number of hydrogen-bond acceptors (Lipinski definition) is 4. The first-order valence-corrected chi connectivity index (χ1v) is 9.35. The molecule has 2 aromatic rings. The summed E-state index contributed by atoms with van der Waals surface area (Å²) in [5.41, 5.74) is 6.08. The van der Waals surface area contributed by atoms with E-state index in [0.29, 0.717) is 29.6 Å². The molecule has 2 aromatic carbocycles. The molecule has 0 unspecified atom stereocenters. The van der Waals surface area contributed by atoms with E-state index in [9.17, 15) is 9.59 Å². The monoisotopic (exact) mass is 434 g/mol. The standard InChI is InChI=1S/C20H23BrN2O4/c1-13(2)11-27-18-8-7-15(21)10-17(18)20(25)23-22-19(24)12-26-16-6-4-5-14(3)9-16/h4-10,13H,11-12H2,1-3H3,(H,22,24)(H,23,25). The van der Waals surface area contributed by atoms with Gasteiger partial charge in [-0.15, -0.1) is 0 Å². The Morgan fingerprint density at radius 2 is 1.85 bits per heavy atom. The van der Waals surface area contributed by atoms with E-state index in [1.807, 2.05) is 39.0 Å². The van der Waals surface area contributed by atoms with Crippen LogP contribution in [0.25, 0.3) is 0 Å². The highest BCUT2D eigenvalue weighted by molar-refractivity contribution is 9.10. The van der Waals surface area contributed by atoms with Crippen molar-refractivity contribution in [2.75, 3.05) is 13.2 Å². The van der Waals surface area contributed by atoms with Crippen LogP contribution in [-0.4, -0.2) is 25.0 Å². The first-order valence-electron chi connectivity index (χ1n) is 8.56. The van der Waals surface area contributed by atoms with Gasteiger partial charge in [-0.3, -0.25) is 20.4 Å². The van der Waals surface area contributed by atoms with Crippen LogP contribution in [0.5, 0.6) is 11.5 Å². The van der Waals surface area contributed by atoms with Crippen molar-refractivity contribution in [3.8, 4) is 11.5 Å². The Morgan fingerprint density at radius 3 is 2.56 bits per heavy atom. The Labute approximate surface area is 167 Å². The maximum atomic E-state index is 12.4. The molecule has 6 nitrogen and oxygen atoms in total. The number of halogens is 1. The van der Waals surface area contributed by atoms with Gasteiger partial charge in [-0.05, 0) is 48.7 Å². The van der Waals surface area contributed by atoms with Gasteiger partial charge in [-0.1, -0.05) is 41.9 Å². The molecule has 27 heavy (non-hydrogen) atoms. The van der Waals surface area contributed by atoms with Crippen LogP contribution in [0.15, 0.2) is 46.9 Å². The Balaban J connectivity index is 1.90. The van der Waals surface area contributed by atoms with Crippen molar-refractivity contribution < 1.29 is 19.1 Å². The number of rotatable bonds is 7. The summed E-state index contributed by atoms with van der Waals surface area (Å²) in [6.07, 6.45) is 0. The summed E-state index contributed by atoms with van der Waals surface area (Å²) < 4.78 is 11.8. The lowest BCUT2D eigenvalue weighted by atomic mass is 10.2. The van der Waals surface area contributed by atoms with E-state index in [2.05, 4.69) is 26.8 Å². The van der Waals surface area contributed by atoms with Crippen LogP contribution < -0.4 is 20.3 Å². The predicted molar refractivity (Wildman–Crippen MR) is 107 cm³/mol. The Morgan fingerprint density at radius 1 is 1.07 bits per heavy atom. The number of hydrogen-bond donors (Lipinski definition) is 2. The quantitative estimate of drug-likeness (QED) is 0.652. The second-order valence-corrected chi connectivity index (χ2v) is 7.37. The normalized spacial score (nSPS) is 10.4. The minimum Gasteiger partial charge on any atom is -0.492 e. The lowest BCUT2D eigenvalue weighted by Gasteiger charge is -2.14. The van der Waals surface area contributed by atoms with Crippen LogP contribution in [0, 0.1) is 12.8 Å². The van der Waals surface area contributed by atoms with Gasteiger partial charge in [0, 0.05) is 4.47 Å². The highest BCUT2D eigenvalue weighted by Crippen LogP contribution is 2.23. The molecule has 0 spiro atoms. The fourth-order valence-corrected chi connectivity index (χ4v) is 2.51. The first kappa shape index (κ1) is 20.8. The zero-order valence-electron chi connectivity index (χ0n) is 15.5. The molecule has 2 rings (SSSR count). The molecule has 0 saturated heterocycles.